The summed E-state index contributed by atoms with van der Waals surface area (Å²) in [6.07, 6.45) is 0. The fourth-order valence-electron chi connectivity index (χ4n) is 3.18. The number of ether oxygens (including phenoxy) is 4. The minimum absolute atomic E-state index is 0.0486. The summed E-state index contributed by atoms with van der Waals surface area (Å²) in [7, 11) is 5.96. The number of rotatable bonds is 5. The van der Waals surface area contributed by atoms with Gasteiger partial charge in [0.25, 0.3) is 0 Å². The highest BCUT2D eigenvalue weighted by atomic mass is 16.5. The first kappa shape index (κ1) is 21.9. The van der Waals surface area contributed by atoms with Gasteiger partial charge in [0.05, 0.1) is 33.8 Å². The van der Waals surface area contributed by atoms with E-state index in [1.54, 1.807) is 19.1 Å². The van der Waals surface area contributed by atoms with Crippen LogP contribution in [-0.2, 0) is 0 Å². The number of methoxy groups -OCH3 is 4. The number of hydrogen-bond donors (Lipinski definition) is 1. The van der Waals surface area contributed by atoms with E-state index in [1.807, 2.05) is 13.8 Å². The summed E-state index contributed by atoms with van der Waals surface area (Å²) >= 11 is 0. The zero-order valence-electron chi connectivity index (χ0n) is 17.7. The molecule has 0 aliphatic rings. The molecule has 0 radical (unpaired) electrons. The van der Waals surface area contributed by atoms with Gasteiger partial charge < -0.3 is 28.5 Å². The van der Waals surface area contributed by atoms with Crippen molar-refractivity contribution < 1.29 is 28.5 Å². The van der Waals surface area contributed by atoms with Gasteiger partial charge in [-0.15, -0.1) is 0 Å². The fourth-order valence-corrected chi connectivity index (χ4v) is 3.18. The van der Waals surface area contributed by atoms with E-state index in [0.29, 0.717) is 50.7 Å². The lowest BCUT2D eigenvalue weighted by Gasteiger charge is -2.18. The van der Waals surface area contributed by atoms with Crippen molar-refractivity contribution in [3.63, 3.8) is 0 Å². The Hall–Kier alpha value is -3.35. The molecule has 0 unspecified atom stereocenters. The third-order valence-corrected chi connectivity index (χ3v) is 4.38. The summed E-state index contributed by atoms with van der Waals surface area (Å²) in [5.41, 5.74) is 1.51. The second-order valence-corrected chi connectivity index (χ2v) is 5.79. The molecule has 0 spiro atoms. The predicted octanol–water partition coefficient (Wildman–Crippen LogP) is 4.53. The van der Waals surface area contributed by atoms with Crippen LogP contribution in [0.4, 0.5) is 0 Å². The molecule has 0 bridgehead atoms. The number of hydrogen-bond acceptors (Lipinski definition) is 7. The van der Waals surface area contributed by atoms with Gasteiger partial charge in [0.2, 0.25) is 5.75 Å². The SMILES string of the molecule is CC.COc1ccc(-c2cc(=O)oc3c(C)c(OC)c(OC)c(OC)c23)cc1O. The molecule has 1 heterocycles. The van der Waals surface area contributed by atoms with Crippen molar-refractivity contribution in [2.45, 2.75) is 20.8 Å². The molecule has 7 heteroatoms. The largest absolute Gasteiger partial charge is 0.504 e. The van der Waals surface area contributed by atoms with E-state index in [9.17, 15) is 9.90 Å². The van der Waals surface area contributed by atoms with Crippen molar-refractivity contribution in [1.29, 1.82) is 0 Å². The molecular formula is C22H26O7. The Labute approximate surface area is 169 Å². The smallest absolute Gasteiger partial charge is 0.336 e. The molecule has 0 saturated carbocycles. The van der Waals surface area contributed by atoms with Crippen LogP contribution in [0.25, 0.3) is 22.1 Å². The van der Waals surface area contributed by atoms with Gasteiger partial charge in [-0.2, -0.15) is 0 Å². The quantitative estimate of drug-likeness (QED) is 0.627. The van der Waals surface area contributed by atoms with Crippen molar-refractivity contribution in [3.05, 3.63) is 40.2 Å². The molecule has 156 valence electrons. The monoisotopic (exact) mass is 402 g/mol. The zero-order valence-corrected chi connectivity index (χ0v) is 17.7. The lowest BCUT2D eigenvalue weighted by atomic mass is 9.98. The van der Waals surface area contributed by atoms with Crippen molar-refractivity contribution in [3.8, 4) is 39.9 Å². The summed E-state index contributed by atoms with van der Waals surface area (Å²) < 4.78 is 27.0. The standard InChI is InChI=1S/C20H20O7.C2H6/c1-10-17-16(19(25-4)20(26-5)18(10)24-3)12(9-15(22)27-17)11-6-7-14(23-2)13(21)8-11;1-2/h6-9,21H,1-5H3;1-2H3. The number of aromatic hydroxyl groups is 1. The van der Waals surface area contributed by atoms with E-state index in [1.165, 1.54) is 40.6 Å². The zero-order chi connectivity index (χ0) is 21.7. The van der Waals surface area contributed by atoms with Crippen molar-refractivity contribution in [2.75, 3.05) is 28.4 Å². The molecule has 3 rings (SSSR count). The minimum Gasteiger partial charge on any atom is -0.504 e. The van der Waals surface area contributed by atoms with Gasteiger partial charge in [-0.1, -0.05) is 19.9 Å². The Morgan fingerprint density at radius 3 is 2.00 bits per heavy atom. The van der Waals surface area contributed by atoms with Gasteiger partial charge in [0.15, 0.2) is 23.0 Å². The predicted molar refractivity (Wildman–Crippen MR) is 112 cm³/mol. The van der Waals surface area contributed by atoms with E-state index in [0.717, 1.165) is 0 Å². The Morgan fingerprint density at radius 1 is 0.862 bits per heavy atom. The van der Waals surface area contributed by atoms with E-state index < -0.39 is 5.63 Å². The topological polar surface area (TPSA) is 87.4 Å². The molecule has 2 aromatic carbocycles. The third kappa shape index (κ3) is 3.81. The number of aryl methyl sites for hydroxylation is 1. The Morgan fingerprint density at radius 2 is 1.48 bits per heavy atom. The maximum Gasteiger partial charge on any atom is 0.336 e. The second kappa shape index (κ2) is 9.23. The Balaban J connectivity index is 0.00000145. The molecule has 1 aromatic heterocycles. The molecule has 0 fully saturated rings. The van der Waals surface area contributed by atoms with E-state index >= 15 is 0 Å². The van der Waals surface area contributed by atoms with Crippen molar-refractivity contribution in [1.82, 2.24) is 0 Å². The van der Waals surface area contributed by atoms with Crippen molar-refractivity contribution >= 4 is 11.0 Å². The van der Waals surface area contributed by atoms with Crippen LogP contribution in [0.15, 0.2) is 33.5 Å². The molecule has 0 aliphatic heterocycles. The fraction of sp³-hybridized carbons (Fsp3) is 0.318. The van der Waals surface area contributed by atoms with Crippen LogP contribution < -0.4 is 24.6 Å². The average molecular weight is 402 g/mol. The molecule has 0 aliphatic carbocycles. The molecule has 29 heavy (non-hydrogen) atoms. The van der Waals surface area contributed by atoms with Crippen molar-refractivity contribution in [2.24, 2.45) is 0 Å². The highest BCUT2D eigenvalue weighted by Gasteiger charge is 2.25. The van der Waals surface area contributed by atoms with Crippen LogP contribution in [-0.4, -0.2) is 33.5 Å². The summed E-state index contributed by atoms with van der Waals surface area (Å²) in [6, 6.07) is 6.21. The lowest BCUT2D eigenvalue weighted by molar-refractivity contribution is 0.325. The molecule has 0 saturated heterocycles. The van der Waals surface area contributed by atoms with E-state index in [-0.39, 0.29) is 5.75 Å². The third-order valence-electron chi connectivity index (χ3n) is 4.38. The van der Waals surface area contributed by atoms with Crippen LogP contribution in [0, 0.1) is 6.92 Å². The minimum atomic E-state index is -0.537. The van der Waals surface area contributed by atoms with Gasteiger partial charge in [-0.05, 0) is 24.6 Å². The van der Waals surface area contributed by atoms with Gasteiger partial charge in [-0.25, -0.2) is 4.79 Å². The molecule has 7 nitrogen and oxygen atoms in total. The van der Waals surface area contributed by atoms with Gasteiger partial charge in [0, 0.05) is 17.2 Å². The van der Waals surface area contributed by atoms with Crippen LogP contribution in [0.5, 0.6) is 28.7 Å². The average Bonchev–Trinajstić information content (AvgIpc) is 2.74. The second-order valence-electron chi connectivity index (χ2n) is 5.79. The summed E-state index contributed by atoms with van der Waals surface area (Å²) in [4.78, 5) is 12.2. The van der Waals surface area contributed by atoms with Gasteiger partial charge in [-0.3, -0.25) is 0 Å². The maximum absolute atomic E-state index is 12.2. The van der Waals surface area contributed by atoms with Crippen LogP contribution in [0.1, 0.15) is 19.4 Å². The first-order valence-corrected chi connectivity index (χ1v) is 9.10. The summed E-state index contributed by atoms with van der Waals surface area (Å²) in [5, 5.41) is 10.7. The summed E-state index contributed by atoms with van der Waals surface area (Å²) in [6.45, 7) is 5.77. The molecule has 1 N–H and O–H groups in total. The normalized spacial score (nSPS) is 10.2. The maximum atomic E-state index is 12.2. The first-order chi connectivity index (χ1) is 14.0. The Bertz CT molecular complexity index is 1070. The van der Waals surface area contributed by atoms with Crippen LogP contribution in [0.3, 0.4) is 0 Å². The Kier molecular flexibility index (Phi) is 6.98. The number of phenols is 1. The van der Waals surface area contributed by atoms with Gasteiger partial charge >= 0.3 is 5.63 Å². The van der Waals surface area contributed by atoms with Crippen LogP contribution >= 0.6 is 0 Å². The molecule has 0 atom stereocenters. The number of phenolic OH excluding ortho intramolecular Hbond substituents is 1. The van der Waals surface area contributed by atoms with E-state index in [2.05, 4.69) is 0 Å². The molecule has 3 aromatic rings. The molecule has 0 amide bonds. The molecular weight excluding hydrogens is 376 g/mol. The summed E-state index contributed by atoms with van der Waals surface area (Å²) in [5.74, 6) is 1.45. The first-order valence-electron chi connectivity index (χ1n) is 9.10. The highest BCUT2D eigenvalue weighted by Crippen LogP contribution is 2.49. The highest BCUT2D eigenvalue weighted by molar-refractivity contribution is 6.02. The lowest BCUT2D eigenvalue weighted by Crippen LogP contribution is -2.04. The van der Waals surface area contributed by atoms with Crippen LogP contribution in [0.2, 0.25) is 0 Å². The van der Waals surface area contributed by atoms with Gasteiger partial charge in [0.1, 0.15) is 5.58 Å². The number of fused-ring (bicyclic) bond motifs is 1. The number of benzene rings is 2. The van der Waals surface area contributed by atoms with E-state index in [4.69, 9.17) is 23.4 Å².